The number of thiocarbonyl (C=S) groups is 1. The van der Waals surface area contributed by atoms with E-state index in [9.17, 15) is 4.39 Å². The van der Waals surface area contributed by atoms with Crippen LogP contribution < -0.4 is 11.1 Å². The molecule has 2 aromatic rings. The van der Waals surface area contributed by atoms with E-state index in [0.29, 0.717) is 22.0 Å². The summed E-state index contributed by atoms with van der Waals surface area (Å²) in [6.45, 7) is 1.95. The summed E-state index contributed by atoms with van der Waals surface area (Å²) in [6, 6.07) is 9.75. The lowest BCUT2D eigenvalue weighted by Gasteiger charge is -2.13. The van der Waals surface area contributed by atoms with E-state index < -0.39 is 0 Å². The van der Waals surface area contributed by atoms with Gasteiger partial charge in [0.15, 0.2) is 0 Å². The number of rotatable bonds is 3. The van der Waals surface area contributed by atoms with E-state index in [1.165, 1.54) is 18.2 Å². The third kappa shape index (κ3) is 3.22. The van der Waals surface area contributed by atoms with E-state index in [1.54, 1.807) is 0 Å². The number of benzene rings is 2. The van der Waals surface area contributed by atoms with Crippen molar-refractivity contribution in [3.63, 3.8) is 0 Å². The molecule has 2 aromatic carbocycles. The molecule has 3 N–H and O–H groups in total. The number of nitrogens with one attached hydrogen (secondary N) is 1. The van der Waals surface area contributed by atoms with Gasteiger partial charge in [-0.1, -0.05) is 29.9 Å². The molecule has 0 radical (unpaired) electrons. The highest BCUT2D eigenvalue weighted by molar-refractivity contribution is 7.80. The fraction of sp³-hybridized carbons (Fsp3) is 0.0714. The number of hydrogen-bond donors (Lipinski definition) is 2. The Morgan fingerprint density at radius 1 is 1.21 bits per heavy atom. The molecule has 0 fully saturated rings. The summed E-state index contributed by atoms with van der Waals surface area (Å²) in [6.07, 6.45) is 0. The summed E-state index contributed by atoms with van der Waals surface area (Å²) in [5, 5.41) is 3.49. The van der Waals surface area contributed by atoms with Gasteiger partial charge in [0.05, 0.1) is 10.7 Å². The van der Waals surface area contributed by atoms with Crippen molar-refractivity contribution in [1.82, 2.24) is 0 Å². The van der Waals surface area contributed by atoms with Crippen molar-refractivity contribution >= 4 is 40.2 Å². The summed E-state index contributed by atoms with van der Waals surface area (Å²) in [5.41, 5.74) is 8.59. The smallest absolute Gasteiger partial charge is 0.125 e. The quantitative estimate of drug-likeness (QED) is 0.835. The summed E-state index contributed by atoms with van der Waals surface area (Å²) < 4.78 is 13.2. The van der Waals surface area contributed by atoms with Crippen LogP contribution in [0.4, 0.5) is 15.8 Å². The minimum Gasteiger partial charge on any atom is -0.389 e. The third-order valence-electron chi connectivity index (χ3n) is 2.64. The largest absolute Gasteiger partial charge is 0.389 e. The Bertz CT molecular complexity index is 643. The number of aryl methyl sites for hydroxylation is 1. The van der Waals surface area contributed by atoms with Crippen molar-refractivity contribution in [3.8, 4) is 0 Å². The molecule has 0 amide bonds. The van der Waals surface area contributed by atoms with Crippen molar-refractivity contribution in [3.05, 3.63) is 58.4 Å². The van der Waals surface area contributed by atoms with Gasteiger partial charge in [0.2, 0.25) is 0 Å². The highest BCUT2D eigenvalue weighted by Crippen LogP contribution is 2.28. The monoisotopic (exact) mass is 294 g/mol. The Hall–Kier alpha value is -1.65. The molecule has 0 heterocycles. The maximum atomic E-state index is 13.2. The zero-order valence-corrected chi connectivity index (χ0v) is 11.8. The van der Waals surface area contributed by atoms with Crippen LogP contribution in [-0.4, -0.2) is 4.99 Å². The minimum absolute atomic E-state index is 0.273. The molecule has 5 heteroatoms. The Morgan fingerprint density at radius 3 is 2.63 bits per heavy atom. The number of anilines is 2. The second kappa shape index (κ2) is 5.55. The fourth-order valence-corrected chi connectivity index (χ4v) is 2.06. The van der Waals surface area contributed by atoms with Crippen molar-refractivity contribution in [1.29, 1.82) is 0 Å². The molecule has 0 aliphatic carbocycles. The first-order valence-corrected chi connectivity index (χ1v) is 6.38. The predicted molar refractivity (Wildman–Crippen MR) is 81.8 cm³/mol. The molecular formula is C14H12ClFN2S. The Labute approximate surface area is 121 Å². The van der Waals surface area contributed by atoms with Crippen LogP contribution in [0.25, 0.3) is 0 Å². The zero-order valence-electron chi connectivity index (χ0n) is 10.2. The summed E-state index contributed by atoms with van der Waals surface area (Å²) in [4.78, 5) is 0.273. The second-order valence-corrected chi connectivity index (χ2v) is 5.01. The topological polar surface area (TPSA) is 38.0 Å². The SMILES string of the molecule is Cc1ccc(C(N)=S)c(Nc2cc(F)ccc2Cl)c1. The highest BCUT2D eigenvalue weighted by atomic mass is 35.5. The van der Waals surface area contributed by atoms with Crippen molar-refractivity contribution in [2.24, 2.45) is 5.73 Å². The molecule has 0 bridgehead atoms. The molecule has 98 valence electrons. The Balaban J connectivity index is 2.45. The van der Waals surface area contributed by atoms with Gasteiger partial charge in [0, 0.05) is 11.3 Å². The molecule has 0 aliphatic rings. The molecule has 2 nitrogen and oxygen atoms in total. The molecule has 0 atom stereocenters. The molecule has 0 unspecified atom stereocenters. The van der Waals surface area contributed by atoms with Gasteiger partial charge in [-0.3, -0.25) is 0 Å². The van der Waals surface area contributed by atoms with Crippen LogP contribution in [0.3, 0.4) is 0 Å². The van der Waals surface area contributed by atoms with Crippen LogP contribution in [0.1, 0.15) is 11.1 Å². The molecule has 0 aliphatic heterocycles. The van der Waals surface area contributed by atoms with Crippen LogP contribution in [0.15, 0.2) is 36.4 Å². The van der Waals surface area contributed by atoms with Crippen LogP contribution in [-0.2, 0) is 0 Å². The molecule has 19 heavy (non-hydrogen) atoms. The lowest BCUT2D eigenvalue weighted by molar-refractivity contribution is 0.628. The van der Waals surface area contributed by atoms with Gasteiger partial charge in [-0.05, 0) is 42.8 Å². The van der Waals surface area contributed by atoms with Crippen molar-refractivity contribution in [2.75, 3.05) is 5.32 Å². The lowest BCUT2D eigenvalue weighted by Crippen LogP contribution is -2.12. The van der Waals surface area contributed by atoms with Gasteiger partial charge in [-0.25, -0.2) is 4.39 Å². The first-order valence-electron chi connectivity index (χ1n) is 5.60. The van der Waals surface area contributed by atoms with Gasteiger partial charge in [0.1, 0.15) is 10.8 Å². The fourth-order valence-electron chi connectivity index (χ4n) is 1.71. The molecule has 0 saturated carbocycles. The van der Waals surface area contributed by atoms with Crippen LogP contribution in [0.5, 0.6) is 0 Å². The van der Waals surface area contributed by atoms with E-state index in [4.69, 9.17) is 29.6 Å². The van der Waals surface area contributed by atoms with Crippen LogP contribution in [0, 0.1) is 12.7 Å². The van der Waals surface area contributed by atoms with Gasteiger partial charge in [-0.15, -0.1) is 0 Å². The number of halogens is 2. The minimum atomic E-state index is -0.364. The normalized spacial score (nSPS) is 10.3. The first kappa shape index (κ1) is 13.8. The average Bonchev–Trinajstić information content (AvgIpc) is 2.33. The first-order chi connectivity index (χ1) is 8.97. The summed E-state index contributed by atoms with van der Waals surface area (Å²) >= 11 is 11.0. The molecular weight excluding hydrogens is 283 g/mol. The van der Waals surface area contributed by atoms with E-state index >= 15 is 0 Å². The second-order valence-electron chi connectivity index (χ2n) is 4.16. The van der Waals surface area contributed by atoms with E-state index in [-0.39, 0.29) is 10.8 Å². The number of hydrogen-bond acceptors (Lipinski definition) is 2. The van der Waals surface area contributed by atoms with Crippen LogP contribution >= 0.6 is 23.8 Å². The average molecular weight is 295 g/mol. The maximum Gasteiger partial charge on any atom is 0.125 e. The molecule has 2 rings (SSSR count). The van der Waals surface area contributed by atoms with Gasteiger partial charge in [-0.2, -0.15) is 0 Å². The third-order valence-corrected chi connectivity index (χ3v) is 3.19. The van der Waals surface area contributed by atoms with Crippen LogP contribution in [0.2, 0.25) is 5.02 Å². The van der Waals surface area contributed by atoms with Gasteiger partial charge in [0.25, 0.3) is 0 Å². The molecule has 0 aromatic heterocycles. The summed E-state index contributed by atoms with van der Waals surface area (Å²) in [7, 11) is 0. The zero-order chi connectivity index (χ0) is 14.0. The summed E-state index contributed by atoms with van der Waals surface area (Å²) in [5.74, 6) is -0.364. The highest BCUT2D eigenvalue weighted by Gasteiger charge is 2.08. The van der Waals surface area contributed by atoms with E-state index in [1.807, 2.05) is 25.1 Å². The predicted octanol–water partition coefficient (Wildman–Crippen LogP) is 4.17. The molecule has 0 spiro atoms. The van der Waals surface area contributed by atoms with E-state index in [0.717, 1.165) is 5.56 Å². The number of nitrogens with two attached hydrogens (primary N) is 1. The lowest BCUT2D eigenvalue weighted by atomic mass is 10.1. The standard InChI is InChI=1S/C14H12ClFN2S/c1-8-2-4-10(14(17)19)12(6-8)18-13-7-9(16)3-5-11(13)15/h2-7,18H,1H3,(H2,17,19). The van der Waals surface area contributed by atoms with Gasteiger partial charge >= 0.3 is 0 Å². The van der Waals surface area contributed by atoms with Crippen molar-refractivity contribution < 1.29 is 4.39 Å². The maximum absolute atomic E-state index is 13.2. The van der Waals surface area contributed by atoms with Gasteiger partial charge < -0.3 is 11.1 Å². The van der Waals surface area contributed by atoms with Crippen molar-refractivity contribution in [2.45, 2.75) is 6.92 Å². The Morgan fingerprint density at radius 2 is 1.95 bits per heavy atom. The Kier molecular flexibility index (Phi) is 4.02. The molecule has 0 saturated heterocycles. The van der Waals surface area contributed by atoms with E-state index in [2.05, 4.69) is 5.32 Å².